The first kappa shape index (κ1) is 28.5. The Labute approximate surface area is 233 Å². The predicted octanol–water partition coefficient (Wildman–Crippen LogP) is 11.0. The monoisotopic (exact) mass is 639 g/mol. The van der Waals surface area contributed by atoms with Gasteiger partial charge in [0.1, 0.15) is 0 Å². The number of benzene rings is 4. The average molecular weight is 642 g/mol. The van der Waals surface area contributed by atoms with Gasteiger partial charge in [-0.3, -0.25) is 0 Å². The first-order chi connectivity index (χ1) is 18.0. The van der Waals surface area contributed by atoms with Crippen molar-refractivity contribution in [3.8, 4) is 33.4 Å². The standard InChI is InChI=1S/C29H17F6.2ClH.Zr/c30-28(31,32)23-14-22(15-24(17-23)29(33,34)35)27-25(19-9-5-2-6-10-19)12-11-20-13-21(16-26(20)27)18-7-3-1-4-8-18;;;/h1-17H;2*1H;/q-1;;;+2/p-2. The van der Waals surface area contributed by atoms with Crippen LogP contribution in [0.3, 0.4) is 0 Å². The Bertz CT molecular complexity index is 1490. The number of alkyl halides is 6. The third-order valence-corrected chi connectivity index (χ3v) is 5.96. The molecule has 0 saturated heterocycles. The molecule has 0 aliphatic heterocycles. The van der Waals surface area contributed by atoms with Crippen LogP contribution in [-0.4, -0.2) is 0 Å². The Morgan fingerprint density at radius 2 is 1.08 bits per heavy atom. The molecule has 5 rings (SSSR count). The van der Waals surface area contributed by atoms with E-state index in [1.54, 1.807) is 36.4 Å². The van der Waals surface area contributed by atoms with Gasteiger partial charge in [0.05, 0.1) is 11.1 Å². The van der Waals surface area contributed by atoms with E-state index in [-0.39, 0.29) is 11.6 Å². The summed E-state index contributed by atoms with van der Waals surface area (Å²) < 4.78 is 81.9. The summed E-state index contributed by atoms with van der Waals surface area (Å²) in [7, 11) is 9.87. The number of rotatable bonds is 3. The van der Waals surface area contributed by atoms with Gasteiger partial charge in [0.15, 0.2) is 0 Å². The summed E-state index contributed by atoms with van der Waals surface area (Å²) in [6, 6.07) is 27.4. The molecule has 0 radical (unpaired) electrons. The Kier molecular flexibility index (Phi) is 8.81. The van der Waals surface area contributed by atoms with E-state index >= 15 is 0 Å². The first-order valence-electron chi connectivity index (χ1n) is 11.1. The van der Waals surface area contributed by atoms with Gasteiger partial charge in [0.25, 0.3) is 0 Å². The zero-order valence-corrected chi connectivity index (χ0v) is 23.3. The van der Waals surface area contributed by atoms with Crippen molar-refractivity contribution >= 4 is 27.8 Å². The van der Waals surface area contributed by atoms with Crippen molar-refractivity contribution in [2.24, 2.45) is 0 Å². The summed E-state index contributed by atoms with van der Waals surface area (Å²) in [6.45, 7) is 0. The fraction of sp³-hybridized carbons (Fsp3) is 0.0690. The number of fused-ring (bicyclic) bond motifs is 1. The second kappa shape index (κ2) is 11.7. The Morgan fingerprint density at radius 3 is 1.58 bits per heavy atom. The molecule has 9 heteroatoms. The molecule has 0 spiro atoms. The molecule has 0 aromatic heterocycles. The molecule has 0 unspecified atom stereocenters. The van der Waals surface area contributed by atoms with E-state index in [0.717, 1.165) is 28.6 Å². The topological polar surface area (TPSA) is 0 Å². The first-order valence-corrected chi connectivity index (χ1v) is 17.5. The van der Waals surface area contributed by atoms with E-state index in [9.17, 15) is 26.3 Å². The van der Waals surface area contributed by atoms with E-state index in [1.807, 2.05) is 48.5 Å². The van der Waals surface area contributed by atoms with Gasteiger partial charge in [-0.15, -0.1) is 34.5 Å². The predicted molar refractivity (Wildman–Crippen MR) is 138 cm³/mol. The molecular weight excluding hydrogens is 624 g/mol. The van der Waals surface area contributed by atoms with Gasteiger partial charge in [-0.2, -0.15) is 26.3 Å². The molecule has 0 amide bonds. The maximum absolute atomic E-state index is 13.6. The van der Waals surface area contributed by atoms with Crippen LogP contribution < -0.4 is 0 Å². The van der Waals surface area contributed by atoms with Crippen molar-refractivity contribution < 1.29 is 47.2 Å². The molecule has 0 saturated carbocycles. The van der Waals surface area contributed by atoms with Gasteiger partial charge in [-0.1, -0.05) is 72.3 Å². The summed E-state index contributed by atoms with van der Waals surface area (Å²) in [6.07, 6.45) is -9.87. The molecule has 5 aromatic rings. The summed E-state index contributed by atoms with van der Waals surface area (Å²) in [5.74, 6) is 0. The van der Waals surface area contributed by atoms with Crippen molar-refractivity contribution in [2.45, 2.75) is 12.4 Å². The van der Waals surface area contributed by atoms with Gasteiger partial charge in [-0.25, -0.2) is 0 Å². The minimum absolute atomic E-state index is 0.137. The molecule has 0 bridgehead atoms. The number of hydrogen-bond donors (Lipinski definition) is 0. The van der Waals surface area contributed by atoms with Crippen LogP contribution in [0.4, 0.5) is 26.3 Å². The van der Waals surface area contributed by atoms with Crippen LogP contribution in [-0.2, 0) is 33.2 Å². The fourth-order valence-electron chi connectivity index (χ4n) is 4.35. The van der Waals surface area contributed by atoms with E-state index < -0.39 is 44.3 Å². The van der Waals surface area contributed by atoms with E-state index in [0.29, 0.717) is 22.1 Å². The average Bonchev–Trinajstić information content (AvgIpc) is 3.33. The van der Waals surface area contributed by atoms with Gasteiger partial charge in [0.2, 0.25) is 0 Å². The van der Waals surface area contributed by atoms with Crippen LogP contribution >= 0.6 is 17.0 Å². The number of hydrogen-bond acceptors (Lipinski definition) is 0. The zero-order valence-electron chi connectivity index (χ0n) is 19.3. The molecule has 38 heavy (non-hydrogen) atoms. The molecule has 194 valence electrons. The van der Waals surface area contributed by atoms with Crippen LogP contribution in [0.15, 0.2) is 103 Å². The van der Waals surface area contributed by atoms with Crippen molar-refractivity contribution in [1.82, 2.24) is 0 Å². The van der Waals surface area contributed by atoms with Gasteiger partial charge in [-0.05, 0) is 40.5 Å². The quantitative estimate of drug-likeness (QED) is 0.136. The van der Waals surface area contributed by atoms with Gasteiger partial charge in [0, 0.05) is 0 Å². The molecule has 0 nitrogen and oxygen atoms in total. The van der Waals surface area contributed by atoms with Crippen molar-refractivity contribution in [3.63, 3.8) is 0 Å². The molecular formula is C29H17Cl2F6Zr-. The SMILES string of the molecule is FC(F)(F)c1cc(-c2c(-c3ccccc3)ccc3[cH-]c(-c4ccccc4)cc23)cc(C(F)(F)F)c1.[Cl][Zr][Cl]. The summed E-state index contributed by atoms with van der Waals surface area (Å²) in [5, 5.41) is 1.31. The normalized spacial score (nSPS) is 11.7. The van der Waals surface area contributed by atoms with E-state index in [2.05, 4.69) is 0 Å². The Hall–Kier alpha value is -2.47. The third-order valence-electron chi connectivity index (χ3n) is 5.96. The third kappa shape index (κ3) is 6.39. The van der Waals surface area contributed by atoms with Crippen LogP contribution in [0, 0.1) is 0 Å². The molecule has 0 aliphatic carbocycles. The second-order valence-electron chi connectivity index (χ2n) is 8.33. The van der Waals surface area contributed by atoms with Crippen LogP contribution in [0.25, 0.3) is 44.2 Å². The van der Waals surface area contributed by atoms with Crippen molar-refractivity contribution in [3.05, 3.63) is 114 Å². The molecule has 5 aromatic carbocycles. The fourth-order valence-corrected chi connectivity index (χ4v) is 4.35. The van der Waals surface area contributed by atoms with Crippen molar-refractivity contribution in [1.29, 1.82) is 0 Å². The van der Waals surface area contributed by atoms with Crippen molar-refractivity contribution in [2.75, 3.05) is 0 Å². The van der Waals surface area contributed by atoms with Crippen LogP contribution in [0.5, 0.6) is 0 Å². The van der Waals surface area contributed by atoms with E-state index in [4.69, 9.17) is 17.0 Å². The summed E-state index contributed by atoms with van der Waals surface area (Å²) >= 11 is -0.826. The summed E-state index contributed by atoms with van der Waals surface area (Å²) in [5.41, 5.74) is 0.482. The van der Waals surface area contributed by atoms with Crippen LogP contribution in [0.1, 0.15) is 11.1 Å². The Morgan fingerprint density at radius 1 is 0.579 bits per heavy atom. The zero-order chi connectivity index (χ0) is 27.5. The second-order valence-corrected chi connectivity index (χ2v) is 12.1. The molecule has 0 heterocycles. The van der Waals surface area contributed by atoms with Gasteiger partial charge < -0.3 is 0 Å². The van der Waals surface area contributed by atoms with Gasteiger partial charge >= 0.3 is 50.2 Å². The van der Waals surface area contributed by atoms with Crippen LogP contribution in [0.2, 0.25) is 0 Å². The molecule has 0 N–H and O–H groups in total. The number of halogens is 8. The molecule has 0 aliphatic rings. The Balaban J connectivity index is 0.00000107. The molecule has 0 fully saturated rings. The molecule has 0 atom stereocenters. The van der Waals surface area contributed by atoms with E-state index in [1.165, 1.54) is 0 Å². The minimum atomic E-state index is -4.93. The maximum atomic E-state index is 13.6. The summed E-state index contributed by atoms with van der Waals surface area (Å²) in [4.78, 5) is 0.